The molecule has 0 aliphatic heterocycles. The lowest BCUT2D eigenvalue weighted by atomic mass is 9.71. The van der Waals surface area contributed by atoms with Crippen LogP contribution in [0.15, 0.2) is 0 Å². The highest BCUT2D eigenvalue weighted by Gasteiger charge is 2.29. The van der Waals surface area contributed by atoms with Crippen LogP contribution in [0.4, 0.5) is 0 Å². The molecule has 1 aliphatic rings. The molecule has 0 aromatic rings. The van der Waals surface area contributed by atoms with Crippen LogP contribution in [0.2, 0.25) is 0 Å². The minimum absolute atomic E-state index is 0.787. The molecule has 1 heteroatoms. The Kier molecular flexibility index (Phi) is 3.89. The van der Waals surface area contributed by atoms with Gasteiger partial charge >= 0.3 is 0 Å². The van der Waals surface area contributed by atoms with E-state index < -0.39 is 0 Å². The summed E-state index contributed by atoms with van der Waals surface area (Å²) in [5.74, 6) is 4.27. The number of halogens is 1. The van der Waals surface area contributed by atoms with E-state index >= 15 is 0 Å². The van der Waals surface area contributed by atoms with Gasteiger partial charge in [0.2, 0.25) is 0 Å². The Morgan fingerprint density at radius 3 is 2.50 bits per heavy atom. The van der Waals surface area contributed by atoms with E-state index in [-0.39, 0.29) is 0 Å². The zero-order chi connectivity index (χ0) is 9.14. The molecule has 0 unspecified atom stereocenters. The largest absolute Gasteiger partial charge is 0.126 e. The molecule has 3 atom stereocenters. The Morgan fingerprint density at radius 2 is 2.00 bits per heavy atom. The fraction of sp³-hybridized carbons (Fsp3) is 1.00. The van der Waals surface area contributed by atoms with Gasteiger partial charge in [-0.05, 0) is 36.5 Å². The van der Waals surface area contributed by atoms with E-state index in [4.69, 9.17) is 11.6 Å². The third kappa shape index (κ3) is 2.39. The van der Waals surface area contributed by atoms with Gasteiger partial charge in [-0.3, -0.25) is 0 Å². The van der Waals surface area contributed by atoms with Gasteiger partial charge in [-0.25, -0.2) is 0 Å². The van der Waals surface area contributed by atoms with Gasteiger partial charge in [0.05, 0.1) is 0 Å². The van der Waals surface area contributed by atoms with E-state index in [1.165, 1.54) is 19.3 Å². The second kappa shape index (κ2) is 4.50. The summed E-state index contributed by atoms with van der Waals surface area (Å²) in [5.41, 5.74) is 0. The SMILES string of the molecule is CC(C)[C@H]1CC[C@H](C)C[C@@H]1CCl. The Morgan fingerprint density at radius 1 is 1.33 bits per heavy atom. The number of alkyl halides is 1. The first kappa shape index (κ1) is 10.4. The average molecular weight is 189 g/mol. The molecule has 0 aromatic heterocycles. The Labute approximate surface area is 81.7 Å². The van der Waals surface area contributed by atoms with Crippen molar-refractivity contribution in [3.05, 3.63) is 0 Å². The summed E-state index contributed by atoms with van der Waals surface area (Å²) < 4.78 is 0. The van der Waals surface area contributed by atoms with Crippen LogP contribution in [0.3, 0.4) is 0 Å². The molecule has 72 valence electrons. The van der Waals surface area contributed by atoms with Gasteiger partial charge in [0.1, 0.15) is 0 Å². The van der Waals surface area contributed by atoms with Crippen LogP contribution < -0.4 is 0 Å². The molecule has 0 radical (unpaired) electrons. The monoisotopic (exact) mass is 188 g/mol. The molecule has 0 bridgehead atoms. The van der Waals surface area contributed by atoms with Gasteiger partial charge in [-0.15, -0.1) is 11.6 Å². The van der Waals surface area contributed by atoms with Crippen molar-refractivity contribution in [2.24, 2.45) is 23.7 Å². The minimum Gasteiger partial charge on any atom is -0.126 e. The fourth-order valence-electron chi connectivity index (χ4n) is 2.58. The molecule has 0 saturated heterocycles. The van der Waals surface area contributed by atoms with E-state index in [2.05, 4.69) is 20.8 Å². The van der Waals surface area contributed by atoms with Crippen LogP contribution in [0.5, 0.6) is 0 Å². The predicted octanol–water partition coefficient (Wildman–Crippen LogP) is 3.93. The fourth-order valence-corrected chi connectivity index (χ4v) is 2.93. The normalized spacial score (nSPS) is 37.2. The van der Waals surface area contributed by atoms with E-state index in [0.29, 0.717) is 0 Å². The predicted molar refractivity (Wildman–Crippen MR) is 55.6 cm³/mol. The second-order valence-corrected chi connectivity index (χ2v) is 5.05. The first-order chi connectivity index (χ1) is 5.65. The quantitative estimate of drug-likeness (QED) is 0.576. The maximum absolute atomic E-state index is 5.98. The molecule has 12 heavy (non-hydrogen) atoms. The summed E-state index contributed by atoms with van der Waals surface area (Å²) in [4.78, 5) is 0. The van der Waals surface area contributed by atoms with E-state index in [0.717, 1.165) is 29.6 Å². The molecule has 0 amide bonds. The van der Waals surface area contributed by atoms with Crippen molar-refractivity contribution >= 4 is 11.6 Å². The number of hydrogen-bond acceptors (Lipinski definition) is 0. The van der Waals surface area contributed by atoms with Crippen molar-refractivity contribution in [2.75, 3.05) is 5.88 Å². The molecule has 0 N–H and O–H groups in total. The molecule has 0 nitrogen and oxygen atoms in total. The first-order valence-electron chi connectivity index (χ1n) is 5.21. The smallest absolute Gasteiger partial charge is 0.0254 e. The average Bonchev–Trinajstić information content (AvgIpc) is 2.03. The van der Waals surface area contributed by atoms with Crippen molar-refractivity contribution in [1.82, 2.24) is 0 Å². The van der Waals surface area contributed by atoms with E-state index in [1.54, 1.807) is 0 Å². The maximum atomic E-state index is 5.98. The molecule has 1 saturated carbocycles. The maximum Gasteiger partial charge on any atom is 0.0254 e. The van der Waals surface area contributed by atoms with Gasteiger partial charge in [-0.1, -0.05) is 27.2 Å². The minimum atomic E-state index is 0.787. The standard InChI is InChI=1S/C11H21Cl/c1-8(2)11-5-4-9(3)6-10(11)7-12/h8-11H,4-7H2,1-3H3/t9-,10+,11+/m0/s1. The van der Waals surface area contributed by atoms with Gasteiger partial charge in [0.15, 0.2) is 0 Å². The van der Waals surface area contributed by atoms with Crippen LogP contribution in [0.25, 0.3) is 0 Å². The Hall–Kier alpha value is 0.290. The molecule has 1 fully saturated rings. The first-order valence-corrected chi connectivity index (χ1v) is 5.74. The van der Waals surface area contributed by atoms with Crippen LogP contribution in [-0.4, -0.2) is 5.88 Å². The highest BCUT2D eigenvalue weighted by Crippen LogP contribution is 2.38. The zero-order valence-electron chi connectivity index (χ0n) is 8.52. The van der Waals surface area contributed by atoms with Gasteiger partial charge in [0.25, 0.3) is 0 Å². The Balaban J connectivity index is 2.50. The molecule has 1 aliphatic carbocycles. The summed E-state index contributed by atoms with van der Waals surface area (Å²) in [6, 6.07) is 0. The highest BCUT2D eigenvalue weighted by atomic mass is 35.5. The number of hydrogen-bond donors (Lipinski definition) is 0. The second-order valence-electron chi connectivity index (χ2n) is 4.74. The van der Waals surface area contributed by atoms with Crippen LogP contribution in [-0.2, 0) is 0 Å². The molecule has 0 aromatic carbocycles. The highest BCUT2D eigenvalue weighted by molar-refractivity contribution is 6.18. The van der Waals surface area contributed by atoms with Crippen molar-refractivity contribution in [2.45, 2.75) is 40.0 Å². The van der Waals surface area contributed by atoms with E-state index in [9.17, 15) is 0 Å². The van der Waals surface area contributed by atoms with Crippen molar-refractivity contribution in [1.29, 1.82) is 0 Å². The topological polar surface area (TPSA) is 0 Å². The van der Waals surface area contributed by atoms with Crippen molar-refractivity contribution < 1.29 is 0 Å². The van der Waals surface area contributed by atoms with E-state index in [1.807, 2.05) is 0 Å². The summed E-state index contributed by atoms with van der Waals surface area (Å²) in [7, 11) is 0. The lowest BCUT2D eigenvalue weighted by Gasteiger charge is -2.36. The number of rotatable bonds is 2. The lowest BCUT2D eigenvalue weighted by Crippen LogP contribution is -2.28. The lowest BCUT2D eigenvalue weighted by molar-refractivity contribution is 0.161. The zero-order valence-corrected chi connectivity index (χ0v) is 9.27. The molecule has 1 rings (SSSR count). The molecule has 0 heterocycles. The molecular formula is C11H21Cl. The van der Waals surface area contributed by atoms with Crippen LogP contribution in [0, 0.1) is 23.7 Å². The summed E-state index contributed by atoms with van der Waals surface area (Å²) in [5, 5.41) is 0. The molecular weight excluding hydrogens is 168 g/mol. The van der Waals surface area contributed by atoms with Crippen molar-refractivity contribution in [3.8, 4) is 0 Å². The van der Waals surface area contributed by atoms with Gasteiger partial charge < -0.3 is 0 Å². The van der Waals surface area contributed by atoms with Crippen molar-refractivity contribution in [3.63, 3.8) is 0 Å². The van der Waals surface area contributed by atoms with Crippen LogP contribution >= 0.6 is 11.6 Å². The van der Waals surface area contributed by atoms with Gasteiger partial charge in [0, 0.05) is 5.88 Å². The molecule has 0 spiro atoms. The van der Waals surface area contributed by atoms with Crippen LogP contribution in [0.1, 0.15) is 40.0 Å². The third-order valence-corrected chi connectivity index (χ3v) is 3.75. The summed E-state index contributed by atoms with van der Waals surface area (Å²) >= 11 is 5.98. The third-order valence-electron chi connectivity index (χ3n) is 3.36. The summed E-state index contributed by atoms with van der Waals surface area (Å²) in [6.07, 6.45) is 4.17. The Bertz CT molecular complexity index is 131. The van der Waals surface area contributed by atoms with Gasteiger partial charge in [-0.2, -0.15) is 0 Å². The summed E-state index contributed by atoms with van der Waals surface area (Å²) in [6.45, 7) is 7.02.